The van der Waals surface area contributed by atoms with E-state index in [4.69, 9.17) is 9.47 Å². The first-order valence-electron chi connectivity index (χ1n) is 10.6. The highest BCUT2D eigenvalue weighted by Gasteiger charge is 2.27. The van der Waals surface area contributed by atoms with Crippen LogP contribution in [0.2, 0.25) is 0 Å². The quantitative estimate of drug-likeness (QED) is 0.701. The summed E-state index contributed by atoms with van der Waals surface area (Å²) < 4.78 is 10.4. The summed E-state index contributed by atoms with van der Waals surface area (Å²) in [5, 5.41) is 5.53. The van der Waals surface area contributed by atoms with Gasteiger partial charge >= 0.3 is 5.97 Å². The summed E-state index contributed by atoms with van der Waals surface area (Å²) in [5.74, 6) is -0.233. The fourth-order valence-electron chi connectivity index (χ4n) is 4.31. The number of carbonyl (C=O) groups is 2. The molecule has 1 aromatic carbocycles. The van der Waals surface area contributed by atoms with Gasteiger partial charge < -0.3 is 19.7 Å². The van der Waals surface area contributed by atoms with Crippen molar-refractivity contribution in [2.45, 2.75) is 38.0 Å². The number of amides is 1. The van der Waals surface area contributed by atoms with E-state index in [2.05, 4.69) is 10.2 Å². The van der Waals surface area contributed by atoms with Crippen LogP contribution in [0.25, 0.3) is 0 Å². The van der Waals surface area contributed by atoms with Crippen LogP contribution in [-0.2, 0) is 9.47 Å². The van der Waals surface area contributed by atoms with Gasteiger partial charge in [0.25, 0.3) is 5.91 Å². The molecule has 2 heterocycles. The number of anilines is 2. The zero-order valence-electron chi connectivity index (χ0n) is 17.3. The number of hydrogen-bond donors (Lipinski definition) is 1. The van der Waals surface area contributed by atoms with Crippen molar-refractivity contribution >= 4 is 33.9 Å². The molecule has 160 valence electrons. The number of carbonyl (C=O) groups excluding carboxylic acids is 2. The summed E-state index contributed by atoms with van der Waals surface area (Å²) >= 11 is 1.41. The van der Waals surface area contributed by atoms with Gasteiger partial charge in [0.2, 0.25) is 0 Å². The number of morpholine rings is 1. The standard InChI is InChI=1S/C23H28N2O4S/c1-28-23(27)20-19(16-5-3-2-4-6-16)15-30-22(20)24-21(26)17-7-9-18(10-8-17)25-11-13-29-14-12-25/h7-10,15-16H,2-6,11-14H2,1H3,(H,24,26). The molecule has 0 spiro atoms. The van der Waals surface area contributed by atoms with Crippen LogP contribution in [0.4, 0.5) is 10.7 Å². The van der Waals surface area contributed by atoms with Crippen molar-refractivity contribution in [1.29, 1.82) is 0 Å². The number of nitrogens with one attached hydrogen (secondary N) is 1. The molecule has 30 heavy (non-hydrogen) atoms. The van der Waals surface area contributed by atoms with E-state index in [-0.39, 0.29) is 11.9 Å². The molecule has 2 aromatic rings. The van der Waals surface area contributed by atoms with E-state index in [1.165, 1.54) is 37.7 Å². The Hall–Kier alpha value is -2.38. The molecule has 1 saturated carbocycles. The van der Waals surface area contributed by atoms with Crippen molar-refractivity contribution < 1.29 is 19.1 Å². The topological polar surface area (TPSA) is 67.9 Å². The van der Waals surface area contributed by atoms with E-state index in [0.29, 0.717) is 22.0 Å². The SMILES string of the molecule is COC(=O)c1c(C2CCCCC2)csc1NC(=O)c1ccc(N2CCOCC2)cc1. The number of esters is 1. The molecule has 2 fully saturated rings. The third-order valence-electron chi connectivity index (χ3n) is 5.99. The minimum atomic E-state index is -0.380. The van der Waals surface area contributed by atoms with Crippen molar-refractivity contribution in [3.8, 4) is 0 Å². The van der Waals surface area contributed by atoms with Crippen molar-refractivity contribution in [3.63, 3.8) is 0 Å². The summed E-state index contributed by atoms with van der Waals surface area (Å²) in [7, 11) is 1.39. The average Bonchev–Trinajstić information content (AvgIpc) is 3.23. The number of nitrogens with zero attached hydrogens (tertiary/aromatic N) is 1. The minimum Gasteiger partial charge on any atom is -0.465 e. The molecule has 7 heteroatoms. The number of benzene rings is 1. The molecular weight excluding hydrogens is 400 g/mol. The molecule has 1 aliphatic carbocycles. The molecular formula is C23H28N2O4S. The summed E-state index contributed by atoms with van der Waals surface area (Å²) in [5.41, 5.74) is 3.19. The Labute approximate surface area is 181 Å². The minimum absolute atomic E-state index is 0.217. The lowest BCUT2D eigenvalue weighted by Gasteiger charge is -2.28. The average molecular weight is 429 g/mol. The van der Waals surface area contributed by atoms with Gasteiger partial charge in [0, 0.05) is 24.3 Å². The number of hydrogen-bond acceptors (Lipinski definition) is 6. The van der Waals surface area contributed by atoms with Crippen LogP contribution in [0.1, 0.15) is 64.3 Å². The van der Waals surface area contributed by atoms with Gasteiger partial charge in [-0.2, -0.15) is 0 Å². The fraction of sp³-hybridized carbons (Fsp3) is 0.478. The van der Waals surface area contributed by atoms with Crippen LogP contribution < -0.4 is 10.2 Å². The van der Waals surface area contributed by atoms with Gasteiger partial charge in [-0.3, -0.25) is 4.79 Å². The van der Waals surface area contributed by atoms with Gasteiger partial charge in [-0.05, 0) is 54.0 Å². The maximum absolute atomic E-state index is 12.9. The van der Waals surface area contributed by atoms with Crippen LogP contribution in [-0.4, -0.2) is 45.3 Å². The smallest absolute Gasteiger partial charge is 0.341 e. The van der Waals surface area contributed by atoms with Crippen LogP contribution in [0.15, 0.2) is 29.6 Å². The fourth-order valence-corrected chi connectivity index (χ4v) is 5.34. The second kappa shape index (κ2) is 9.62. The van der Waals surface area contributed by atoms with Crippen LogP contribution in [0.3, 0.4) is 0 Å². The molecule has 6 nitrogen and oxygen atoms in total. The maximum Gasteiger partial charge on any atom is 0.341 e. The van der Waals surface area contributed by atoms with Crippen LogP contribution in [0.5, 0.6) is 0 Å². The van der Waals surface area contributed by atoms with Gasteiger partial charge in [0.1, 0.15) is 5.00 Å². The Morgan fingerprint density at radius 2 is 1.80 bits per heavy atom. The van der Waals surface area contributed by atoms with E-state index in [9.17, 15) is 9.59 Å². The summed E-state index contributed by atoms with van der Waals surface area (Å²) in [6, 6.07) is 7.58. The highest BCUT2D eigenvalue weighted by atomic mass is 32.1. The second-order valence-corrected chi connectivity index (χ2v) is 8.70. The van der Waals surface area contributed by atoms with Gasteiger partial charge in [-0.1, -0.05) is 19.3 Å². The lowest BCUT2D eigenvalue weighted by molar-refractivity contribution is 0.0600. The Kier molecular flexibility index (Phi) is 6.69. The predicted octanol–water partition coefficient (Wildman–Crippen LogP) is 4.67. The monoisotopic (exact) mass is 428 g/mol. The van der Waals surface area contributed by atoms with Gasteiger partial charge in [-0.25, -0.2) is 4.79 Å². The molecule has 1 aliphatic heterocycles. The molecule has 1 saturated heterocycles. The zero-order valence-corrected chi connectivity index (χ0v) is 18.1. The third-order valence-corrected chi connectivity index (χ3v) is 6.90. The number of rotatable bonds is 5. The second-order valence-electron chi connectivity index (χ2n) is 7.82. The highest BCUT2D eigenvalue weighted by Crippen LogP contribution is 2.40. The first kappa shape index (κ1) is 20.9. The largest absolute Gasteiger partial charge is 0.465 e. The van der Waals surface area contributed by atoms with E-state index in [1.54, 1.807) is 0 Å². The number of thiophene rings is 1. The van der Waals surface area contributed by atoms with Crippen molar-refractivity contribution in [1.82, 2.24) is 0 Å². The highest BCUT2D eigenvalue weighted by molar-refractivity contribution is 7.15. The molecule has 0 unspecified atom stereocenters. The molecule has 2 aliphatic rings. The molecule has 0 radical (unpaired) electrons. The number of methoxy groups -OCH3 is 1. The first-order valence-corrected chi connectivity index (χ1v) is 11.5. The van der Waals surface area contributed by atoms with Gasteiger partial charge in [0.05, 0.1) is 25.9 Å². The molecule has 0 atom stereocenters. The summed E-state index contributed by atoms with van der Waals surface area (Å²) in [6.45, 7) is 3.15. The van der Waals surface area contributed by atoms with Crippen LogP contribution in [0, 0.1) is 0 Å². The van der Waals surface area contributed by atoms with E-state index >= 15 is 0 Å². The molecule has 1 N–H and O–H groups in total. The zero-order chi connectivity index (χ0) is 20.9. The van der Waals surface area contributed by atoms with Gasteiger partial charge in [0.15, 0.2) is 0 Å². The Bertz CT molecular complexity index is 881. The first-order chi connectivity index (χ1) is 14.7. The lowest BCUT2D eigenvalue weighted by atomic mass is 9.83. The van der Waals surface area contributed by atoms with Crippen molar-refractivity contribution in [3.05, 3.63) is 46.3 Å². The van der Waals surface area contributed by atoms with Crippen molar-refractivity contribution in [2.24, 2.45) is 0 Å². The van der Waals surface area contributed by atoms with Crippen LogP contribution >= 0.6 is 11.3 Å². The van der Waals surface area contributed by atoms with Crippen molar-refractivity contribution in [2.75, 3.05) is 43.6 Å². The third kappa shape index (κ3) is 4.52. The molecule has 4 rings (SSSR count). The molecule has 0 bridgehead atoms. The maximum atomic E-state index is 12.9. The summed E-state index contributed by atoms with van der Waals surface area (Å²) in [4.78, 5) is 27.6. The van der Waals surface area contributed by atoms with E-state index in [0.717, 1.165) is 50.4 Å². The summed E-state index contributed by atoms with van der Waals surface area (Å²) in [6.07, 6.45) is 5.77. The normalized spacial score (nSPS) is 17.6. The molecule has 1 amide bonds. The Morgan fingerprint density at radius 3 is 2.47 bits per heavy atom. The van der Waals surface area contributed by atoms with E-state index < -0.39 is 0 Å². The Balaban J connectivity index is 1.51. The number of ether oxygens (including phenoxy) is 2. The van der Waals surface area contributed by atoms with Gasteiger partial charge in [-0.15, -0.1) is 11.3 Å². The van der Waals surface area contributed by atoms with E-state index in [1.807, 2.05) is 29.6 Å². The predicted molar refractivity (Wildman–Crippen MR) is 119 cm³/mol. The molecule has 1 aromatic heterocycles. The Morgan fingerprint density at radius 1 is 1.10 bits per heavy atom. The lowest BCUT2D eigenvalue weighted by Crippen LogP contribution is -2.36.